The monoisotopic (exact) mass is 559 g/mol. The van der Waals surface area contributed by atoms with Gasteiger partial charge in [-0.3, -0.25) is 10.2 Å². The number of anilines is 2. The van der Waals surface area contributed by atoms with Crippen LogP contribution in [0.2, 0.25) is 0 Å². The van der Waals surface area contributed by atoms with Crippen LogP contribution in [0.25, 0.3) is 5.69 Å². The fourth-order valence-corrected chi connectivity index (χ4v) is 5.83. The molecule has 2 saturated heterocycles. The van der Waals surface area contributed by atoms with Gasteiger partial charge in [0.15, 0.2) is 17.2 Å². The molecule has 2 aliphatic heterocycles. The summed E-state index contributed by atoms with van der Waals surface area (Å²) in [6, 6.07) is 15.7. The topological polar surface area (TPSA) is 101 Å². The summed E-state index contributed by atoms with van der Waals surface area (Å²) in [5.41, 5.74) is 4.44. The Morgan fingerprint density at radius 1 is 0.951 bits per heavy atom. The first-order valence-corrected chi connectivity index (χ1v) is 13.9. The first kappa shape index (κ1) is 28.3. The molecule has 5 rings (SSSR count). The Morgan fingerprint density at radius 3 is 2.37 bits per heavy atom. The number of hydrogen-bond acceptors (Lipinski definition) is 8. The van der Waals surface area contributed by atoms with E-state index in [9.17, 15) is 10.1 Å². The van der Waals surface area contributed by atoms with Crippen molar-refractivity contribution in [1.29, 1.82) is 5.26 Å². The number of nitriles is 1. The van der Waals surface area contributed by atoms with E-state index in [1.807, 2.05) is 54.8 Å². The number of hydrogen-bond donors (Lipinski definition) is 1. The third-order valence-corrected chi connectivity index (χ3v) is 7.94. The van der Waals surface area contributed by atoms with Crippen molar-refractivity contribution in [2.45, 2.75) is 32.7 Å². The molecule has 2 fully saturated rings. The van der Waals surface area contributed by atoms with Gasteiger partial charge >= 0.3 is 6.09 Å². The van der Waals surface area contributed by atoms with Crippen LogP contribution < -0.4 is 24.4 Å². The number of nitrogens with one attached hydrogen (secondary N) is 1. The molecular weight excluding hydrogens is 522 g/mol. The highest BCUT2D eigenvalue weighted by atomic mass is 16.6. The van der Waals surface area contributed by atoms with Crippen molar-refractivity contribution in [3.63, 3.8) is 0 Å². The van der Waals surface area contributed by atoms with Crippen LogP contribution in [0.15, 0.2) is 42.5 Å². The van der Waals surface area contributed by atoms with Crippen molar-refractivity contribution in [2.75, 3.05) is 63.8 Å². The van der Waals surface area contributed by atoms with Crippen molar-refractivity contribution in [3.8, 4) is 29.0 Å². The number of amides is 1. The number of carbonyl (C=O) groups excluding carboxylic acids is 1. The predicted octanol–water partition coefficient (Wildman–Crippen LogP) is 4.89. The third kappa shape index (κ3) is 6.11. The van der Waals surface area contributed by atoms with E-state index in [1.165, 1.54) is 0 Å². The number of nitrogens with zero attached hydrogens (tertiary/aromatic N) is 4. The Bertz CT molecular complexity index is 1430. The molecule has 216 valence electrons. The summed E-state index contributed by atoms with van der Waals surface area (Å²) in [4.78, 5) is 17.6. The maximum atomic E-state index is 12.9. The summed E-state index contributed by atoms with van der Waals surface area (Å²) in [7, 11) is 3.19. The number of rotatable bonds is 7. The molecule has 10 nitrogen and oxygen atoms in total. The van der Waals surface area contributed by atoms with E-state index in [2.05, 4.69) is 21.2 Å². The lowest BCUT2D eigenvalue weighted by molar-refractivity contribution is 0.0115. The number of morpholine rings is 1. The number of benzene rings is 2. The second-order valence-corrected chi connectivity index (χ2v) is 10.3. The third-order valence-electron chi connectivity index (χ3n) is 7.94. The van der Waals surface area contributed by atoms with Gasteiger partial charge in [0.25, 0.3) is 0 Å². The standard InChI is InChI=1S/C31H37N5O5/c1-21-17-29(22(2)36(21)26-6-8-28(38-3)30(19-26)39-4)41-31(37)33-24-5-7-27(23(18-24)20-32)35-11-9-25(10-12-35)34-13-15-40-16-14-34/h5-8,17-19,25H,9-16H2,1-4H3,(H,33,37). The van der Waals surface area contributed by atoms with Gasteiger partial charge in [-0.1, -0.05) is 0 Å². The second-order valence-electron chi connectivity index (χ2n) is 10.3. The highest BCUT2D eigenvalue weighted by Gasteiger charge is 2.27. The van der Waals surface area contributed by atoms with Crippen molar-refractivity contribution in [2.24, 2.45) is 0 Å². The van der Waals surface area contributed by atoms with E-state index in [4.69, 9.17) is 18.9 Å². The minimum Gasteiger partial charge on any atom is -0.493 e. The Labute approximate surface area is 241 Å². The molecule has 0 aliphatic carbocycles. The van der Waals surface area contributed by atoms with Crippen LogP contribution in [-0.4, -0.2) is 75.2 Å². The molecule has 3 aromatic rings. The zero-order chi connectivity index (χ0) is 28.9. The summed E-state index contributed by atoms with van der Waals surface area (Å²) < 4.78 is 24.0. The van der Waals surface area contributed by atoms with Gasteiger partial charge in [-0.05, 0) is 57.0 Å². The zero-order valence-corrected chi connectivity index (χ0v) is 24.1. The lowest BCUT2D eigenvalue weighted by atomic mass is 10.0. The average molecular weight is 560 g/mol. The smallest absolute Gasteiger partial charge is 0.417 e. The summed E-state index contributed by atoms with van der Waals surface area (Å²) >= 11 is 0. The molecule has 2 aromatic carbocycles. The van der Waals surface area contributed by atoms with E-state index in [0.717, 1.165) is 75.0 Å². The Balaban J connectivity index is 1.24. The summed E-state index contributed by atoms with van der Waals surface area (Å²) in [5.74, 6) is 1.68. The van der Waals surface area contributed by atoms with Crippen LogP contribution in [0.4, 0.5) is 16.2 Å². The maximum Gasteiger partial charge on any atom is 0.417 e. The Hall–Kier alpha value is -4.20. The number of methoxy groups -OCH3 is 2. The van der Waals surface area contributed by atoms with Crippen LogP contribution >= 0.6 is 0 Å². The first-order valence-electron chi connectivity index (χ1n) is 13.9. The molecular formula is C31H37N5O5. The quantitative estimate of drug-likeness (QED) is 0.437. The highest BCUT2D eigenvalue weighted by molar-refractivity contribution is 5.87. The number of piperidine rings is 1. The summed E-state index contributed by atoms with van der Waals surface area (Å²) in [6.45, 7) is 9.20. The van der Waals surface area contributed by atoms with Crippen molar-refractivity contribution >= 4 is 17.5 Å². The zero-order valence-electron chi connectivity index (χ0n) is 24.1. The van der Waals surface area contributed by atoms with E-state index in [1.54, 1.807) is 20.3 Å². The Kier molecular flexibility index (Phi) is 8.67. The molecule has 0 saturated carbocycles. The SMILES string of the molecule is COc1ccc(-n2c(C)cc(OC(=O)Nc3ccc(N4CCC(N5CCOCC5)CC4)c(C#N)c3)c2C)cc1OC. The average Bonchev–Trinajstić information content (AvgIpc) is 3.28. The van der Waals surface area contributed by atoms with Gasteiger partial charge < -0.3 is 28.4 Å². The van der Waals surface area contributed by atoms with Crippen molar-refractivity contribution < 1.29 is 23.7 Å². The summed E-state index contributed by atoms with van der Waals surface area (Å²) in [6.07, 6.45) is 1.48. The van der Waals surface area contributed by atoms with Crippen molar-refractivity contribution in [3.05, 3.63) is 59.4 Å². The van der Waals surface area contributed by atoms with Gasteiger partial charge in [-0.15, -0.1) is 0 Å². The molecule has 0 unspecified atom stereocenters. The largest absolute Gasteiger partial charge is 0.493 e. The Morgan fingerprint density at radius 2 is 1.68 bits per heavy atom. The van der Waals surface area contributed by atoms with Crippen LogP contribution in [0.3, 0.4) is 0 Å². The molecule has 0 spiro atoms. The molecule has 0 atom stereocenters. The molecule has 0 radical (unpaired) electrons. The van der Waals surface area contributed by atoms with Gasteiger partial charge in [0.1, 0.15) is 6.07 Å². The second kappa shape index (κ2) is 12.5. The van der Waals surface area contributed by atoms with Gasteiger partial charge in [0, 0.05) is 61.4 Å². The molecule has 3 heterocycles. The maximum absolute atomic E-state index is 12.9. The fraction of sp³-hybridized carbons (Fsp3) is 0.419. The van der Waals surface area contributed by atoms with Crippen molar-refractivity contribution in [1.82, 2.24) is 9.47 Å². The minimum absolute atomic E-state index is 0.440. The minimum atomic E-state index is -0.625. The van der Waals surface area contributed by atoms with Gasteiger partial charge in [-0.25, -0.2) is 4.79 Å². The first-order chi connectivity index (χ1) is 19.9. The number of ether oxygens (including phenoxy) is 4. The van der Waals surface area contributed by atoms with Gasteiger partial charge in [-0.2, -0.15) is 5.26 Å². The predicted molar refractivity (Wildman–Crippen MR) is 157 cm³/mol. The number of aromatic nitrogens is 1. The molecule has 1 amide bonds. The van der Waals surface area contributed by atoms with Gasteiger partial charge in [0.2, 0.25) is 0 Å². The van der Waals surface area contributed by atoms with Gasteiger partial charge in [0.05, 0.1) is 44.4 Å². The molecule has 0 bridgehead atoms. The van der Waals surface area contributed by atoms with Crippen LogP contribution in [-0.2, 0) is 4.74 Å². The summed E-state index contributed by atoms with van der Waals surface area (Å²) in [5, 5.41) is 12.7. The van der Waals surface area contributed by atoms with E-state index in [0.29, 0.717) is 34.5 Å². The molecule has 41 heavy (non-hydrogen) atoms. The van der Waals surface area contributed by atoms with E-state index in [-0.39, 0.29) is 0 Å². The number of aryl methyl sites for hydroxylation is 1. The van der Waals surface area contributed by atoms with Crippen LogP contribution in [0.1, 0.15) is 29.8 Å². The van der Waals surface area contributed by atoms with E-state index < -0.39 is 6.09 Å². The molecule has 1 N–H and O–H groups in total. The molecule has 10 heteroatoms. The lowest BCUT2D eigenvalue weighted by Crippen LogP contribution is -2.49. The lowest BCUT2D eigenvalue weighted by Gasteiger charge is -2.41. The number of carbonyl (C=O) groups is 1. The molecule has 2 aliphatic rings. The molecule has 1 aromatic heterocycles. The van der Waals surface area contributed by atoms with E-state index >= 15 is 0 Å². The normalized spacial score (nSPS) is 16.2. The highest BCUT2D eigenvalue weighted by Crippen LogP contribution is 2.33. The van der Waals surface area contributed by atoms with Crippen LogP contribution in [0.5, 0.6) is 17.2 Å². The van der Waals surface area contributed by atoms with Crippen LogP contribution in [0, 0.1) is 25.2 Å². The fourth-order valence-electron chi connectivity index (χ4n) is 5.83.